The van der Waals surface area contributed by atoms with Crippen molar-refractivity contribution in [3.05, 3.63) is 29.8 Å². The van der Waals surface area contributed by atoms with Gasteiger partial charge in [-0.15, -0.1) is 6.42 Å². The Kier molecular flexibility index (Phi) is 4.16. The number of rotatable bonds is 3. The van der Waals surface area contributed by atoms with Crippen molar-refractivity contribution in [1.82, 2.24) is 4.90 Å². The molecule has 0 bridgehead atoms. The Bertz CT molecular complexity index is 446. The predicted octanol–water partition coefficient (Wildman–Crippen LogP) is 2.47. The zero-order chi connectivity index (χ0) is 13.0. The van der Waals surface area contributed by atoms with Gasteiger partial charge in [-0.3, -0.25) is 4.90 Å². The molecule has 0 aliphatic carbocycles. The van der Waals surface area contributed by atoms with Gasteiger partial charge in [-0.25, -0.2) is 8.78 Å². The van der Waals surface area contributed by atoms with Gasteiger partial charge in [0.25, 0.3) is 0 Å². The number of nitrogens with one attached hydrogen (secondary N) is 1. The molecule has 1 fully saturated rings. The number of terminal acetylenes is 1. The van der Waals surface area contributed by atoms with Gasteiger partial charge in [-0.1, -0.05) is 5.92 Å². The zero-order valence-corrected chi connectivity index (χ0v) is 10.1. The summed E-state index contributed by atoms with van der Waals surface area (Å²) in [7, 11) is 0. The molecule has 0 amide bonds. The van der Waals surface area contributed by atoms with E-state index in [1.165, 1.54) is 12.1 Å². The summed E-state index contributed by atoms with van der Waals surface area (Å²) in [5.74, 6) is 1.53. The molecule has 1 aliphatic heterocycles. The fourth-order valence-electron chi connectivity index (χ4n) is 2.19. The van der Waals surface area contributed by atoms with Crippen LogP contribution in [0.5, 0.6) is 0 Å². The van der Waals surface area contributed by atoms with Crippen molar-refractivity contribution < 1.29 is 8.78 Å². The summed E-state index contributed by atoms with van der Waals surface area (Å²) < 4.78 is 26.2. The van der Waals surface area contributed by atoms with Crippen LogP contribution in [0.3, 0.4) is 0 Å². The molecule has 18 heavy (non-hydrogen) atoms. The first-order valence-electron chi connectivity index (χ1n) is 6.06. The number of anilines is 1. The number of piperidine rings is 1. The lowest BCUT2D eigenvalue weighted by molar-refractivity contribution is 0.243. The van der Waals surface area contributed by atoms with Crippen LogP contribution in [0.25, 0.3) is 0 Å². The molecule has 0 atom stereocenters. The van der Waals surface area contributed by atoms with E-state index in [4.69, 9.17) is 6.42 Å². The van der Waals surface area contributed by atoms with Gasteiger partial charge >= 0.3 is 0 Å². The maximum atomic E-state index is 13.5. The van der Waals surface area contributed by atoms with Crippen LogP contribution in [0.2, 0.25) is 0 Å². The Labute approximate surface area is 106 Å². The SMILES string of the molecule is C#CCN1CCC(Nc2ccc(F)cc2F)CC1. The molecule has 2 nitrogen and oxygen atoms in total. The van der Waals surface area contributed by atoms with Crippen molar-refractivity contribution >= 4 is 5.69 Å². The van der Waals surface area contributed by atoms with Crippen LogP contribution in [-0.2, 0) is 0 Å². The number of likely N-dealkylation sites (tertiary alicyclic amines) is 1. The lowest BCUT2D eigenvalue weighted by Gasteiger charge is -2.31. The predicted molar refractivity (Wildman–Crippen MR) is 68.3 cm³/mol. The van der Waals surface area contributed by atoms with Gasteiger partial charge in [-0.05, 0) is 25.0 Å². The highest BCUT2D eigenvalue weighted by atomic mass is 19.1. The summed E-state index contributed by atoms with van der Waals surface area (Å²) in [4.78, 5) is 2.19. The molecule has 1 saturated heterocycles. The fraction of sp³-hybridized carbons (Fsp3) is 0.429. The highest BCUT2D eigenvalue weighted by Gasteiger charge is 2.19. The van der Waals surface area contributed by atoms with Crippen molar-refractivity contribution in [2.75, 3.05) is 25.0 Å². The van der Waals surface area contributed by atoms with Crippen molar-refractivity contribution in [2.24, 2.45) is 0 Å². The zero-order valence-electron chi connectivity index (χ0n) is 10.1. The lowest BCUT2D eigenvalue weighted by Crippen LogP contribution is -2.39. The molecule has 96 valence electrons. The standard InChI is InChI=1S/C14H16F2N2/c1-2-7-18-8-5-12(6-9-18)17-14-4-3-11(15)10-13(14)16/h1,3-4,10,12,17H,5-9H2. The molecule has 2 rings (SSSR count). The number of hydrogen-bond donors (Lipinski definition) is 1. The maximum Gasteiger partial charge on any atom is 0.149 e. The van der Waals surface area contributed by atoms with Crippen LogP contribution in [0, 0.1) is 24.0 Å². The average Bonchev–Trinajstić information content (AvgIpc) is 2.35. The highest BCUT2D eigenvalue weighted by molar-refractivity contribution is 5.45. The first-order valence-corrected chi connectivity index (χ1v) is 6.06. The minimum atomic E-state index is -0.554. The molecule has 0 unspecified atom stereocenters. The fourth-order valence-corrected chi connectivity index (χ4v) is 2.19. The first kappa shape index (κ1) is 12.8. The maximum absolute atomic E-state index is 13.5. The molecule has 1 aliphatic rings. The van der Waals surface area contributed by atoms with E-state index in [0.717, 1.165) is 32.0 Å². The van der Waals surface area contributed by atoms with Crippen LogP contribution in [-0.4, -0.2) is 30.6 Å². The largest absolute Gasteiger partial charge is 0.380 e. The number of nitrogens with zero attached hydrogens (tertiary/aromatic N) is 1. The molecule has 0 aromatic heterocycles. The van der Waals surface area contributed by atoms with E-state index in [2.05, 4.69) is 16.1 Å². The second kappa shape index (κ2) is 5.83. The quantitative estimate of drug-likeness (QED) is 0.829. The third-order valence-electron chi connectivity index (χ3n) is 3.19. The van der Waals surface area contributed by atoms with E-state index in [1.54, 1.807) is 0 Å². The molecule has 0 saturated carbocycles. The minimum Gasteiger partial charge on any atom is -0.380 e. The van der Waals surface area contributed by atoms with Crippen molar-refractivity contribution in [2.45, 2.75) is 18.9 Å². The van der Waals surface area contributed by atoms with Gasteiger partial charge in [0.15, 0.2) is 0 Å². The van der Waals surface area contributed by atoms with Gasteiger partial charge in [0, 0.05) is 25.2 Å². The molecule has 0 radical (unpaired) electrons. The van der Waals surface area contributed by atoms with E-state index >= 15 is 0 Å². The summed E-state index contributed by atoms with van der Waals surface area (Å²) in [6.45, 7) is 2.48. The average molecular weight is 250 g/mol. The number of halogens is 2. The van der Waals surface area contributed by atoms with Gasteiger partial charge in [-0.2, -0.15) is 0 Å². The second-order valence-corrected chi connectivity index (χ2v) is 4.52. The molecule has 1 heterocycles. The second-order valence-electron chi connectivity index (χ2n) is 4.52. The Morgan fingerprint density at radius 1 is 1.33 bits per heavy atom. The van der Waals surface area contributed by atoms with Gasteiger partial charge < -0.3 is 5.32 Å². The van der Waals surface area contributed by atoms with E-state index in [1.807, 2.05) is 0 Å². The number of hydrogen-bond acceptors (Lipinski definition) is 2. The molecule has 1 N–H and O–H groups in total. The van der Waals surface area contributed by atoms with E-state index < -0.39 is 11.6 Å². The summed E-state index contributed by atoms with van der Waals surface area (Å²) in [6, 6.07) is 3.83. The van der Waals surface area contributed by atoms with Gasteiger partial charge in [0.2, 0.25) is 0 Å². The van der Waals surface area contributed by atoms with E-state index in [9.17, 15) is 8.78 Å². The summed E-state index contributed by atoms with van der Waals surface area (Å²) in [5.41, 5.74) is 0.367. The minimum absolute atomic E-state index is 0.221. The Morgan fingerprint density at radius 3 is 2.67 bits per heavy atom. The van der Waals surface area contributed by atoms with E-state index in [-0.39, 0.29) is 6.04 Å². The summed E-state index contributed by atoms with van der Waals surface area (Å²) in [6.07, 6.45) is 7.09. The Balaban J connectivity index is 1.90. The normalized spacial score (nSPS) is 17.4. The molecule has 0 spiro atoms. The summed E-state index contributed by atoms with van der Waals surface area (Å²) in [5, 5.41) is 3.12. The Morgan fingerprint density at radius 2 is 2.06 bits per heavy atom. The molecule has 1 aromatic carbocycles. The van der Waals surface area contributed by atoms with E-state index in [0.29, 0.717) is 12.2 Å². The van der Waals surface area contributed by atoms with Gasteiger partial charge in [0.1, 0.15) is 11.6 Å². The monoisotopic (exact) mass is 250 g/mol. The molecular formula is C14H16F2N2. The first-order chi connectivity index (χ1) is 8.69. The smallest absolute Gasteiger partial charge is 0.149 e. The lowest BCUT2D eigenvalue weighted by atomic mass is 10.0. The van der Waals surface area contributed by atoms with Crippen LogP contribution in [0.15, 0.2) is 18.2 Å². The third kappa shape index (κ3) is 3.21. The van der Waals surface area contributed by atoms with Crippen LogP contribution >= 0.6 is 0 Å². The van der Waals surface area contributed by atoms with Crippen LogP contribution in [0.1, 0.15) is 12.8 Å². The third-order valence-corrected chi connectivity index (χ3v) is 3.19. The molecule has 1 aromatic rings. The van der Waals surface area contributed by atoms with Gasteiger partial charge in [0.05, 0.1) is 12.2 Å². The van der Waals surface area contributed by atoms with Crippen molar-refractivity contribution in [3.63, 3.8) is 0 Å². The van der Waals surface area contributed by atoms with Crippen molar-refractivity contribution in [1.29, 1.82) is 0 Å². The summed E-state index contributed by atoms with van der Waals surface area (Å²) >= 11 is 0. The van der Waals surface area contributed by atoms with Crippen molar-refractivity contribution in [3.8, 4) is 12.3 Å². The molecule has 4 heteroatoms. The van der Waals surface area contributed by atoms with Crippen LogP contribution < -0.4 is 5.32 Å². The Hall–Kier alpha value is -1.60. The topological polar surface area (TPSA) is 15.3 Å². The van der Waals surface area contributed by atoms with Crippen LogP contribution in [0.4, 0.5) is 14.5 Å². The number of benzene rings is 1. The highest BCUT2D eigenvalue weighted by Crippen LogP contribution is 2.20. The molecular weight excluding hydrogens is 234 g/mol.